The Morgan fingerprint density at radius 2 is 1.74 bits per heavy atom. The molecule has 3 aromatic carbocycles. The summed E-state index contributed by atoms with van der Waals surface area (Å²) in [7, 11) is 1.61. The molecule has 1 saturated heterocycles. The first kappa shape index (κ1) is 21.8. The molecular formula is C28H25FN4O. The lowest BCUT2D eigenvalue weighted by Gasteiger charge is -2.46. The summed E-state index contributed by atoms with van der Waals surface area (Å²) in [4.78, 5) is 14.9. The number of rotatable bonds is 4. The molecule has 0 radical (unpaired) electrons. The van der Waals surface area contributed by atoms with E-state index in [1.54, 1.807) is 13.1 Å². The highest BCUT2D eigenvalue weighted by Crippen LogP contribution is 2.44. The standard InChI is InChI=1S/C28H25FN4O/c1-28(23-5-3-4-20(15-23)21-12-13-24(29)22(14-21)16-30)25(26(34)33(2)27(31)32-28)19-10-8-18(9-11-19)17-6-7-17/h3-5,8-15,17,25H,6-7H2,1-2H3,(H2,31,32)/t25?,28-/m1/s1. The van der Waals surface area contributed by atoms with Gasteiger partial charge in [-0.05, 0) is 71.7 Å². The SMILES string of the molecule is CN1C(=N)N[C@](C)(c2cccc(-c3ccc(F)c(C#N)c3)c2)C(c2ccc(C3CC3)cc2)C1=O. The number of hydrogen-bond donors (Lipinski definition) is 2. The third-order valence-electron chi connectivity index (χ3n) is 7.07. The van der Waals surface area contributed by atoms with Crippen molar-refractivity contribution in [3.05, 3.63) is 94.8 Å². The third kappa shape index (κ3) is 3.63. The number of amides is 1. The van der Waals surface area contributed by atoms with Crippen molar-refractivity contribution in [3.8, 4) is 17.2 Å². The minimum absolute atomic E-state index is 0.0166. The highest BCUT2D eigenvalue weighted by Gasteiger charge is 2.48. The summed E-state index contributed by atoms with van der Waals surface area (Å²) in [5.74, 6) is -0.582. The van der Waals surface area contributed by atoms with Crippen LogP contribution in [0, 0.1) is 22.6 Å². The predicted molar refractivity (Wildman–Crippen MR) is 129 cm³/mol. The van der Waals surface area contributed by atoms with Gasteiger partial charge in [0.05, 0.1) is 17.0 Å². The molecule has 1 heterocycles. The van der Waals surface area contributed by atoms with Crippen LogP contribution in [0.4, 0.5) is 4.39 Å². The first-order chi connectivity index (χ1) is 16.3. The number of nitrogens with one attached hydrogen (secondary N) is 2. The smallest absolute Gasteiger partial charge is 0.239 e. The van der Waals surface area contributed by atoms with Crippen LogP contribution in [0.15, 0.2) is 66.7 Å². The summed E-state index contributed by atoms with van der Waals surface area (Å²) in [5.41, 5.74) is 3.64. The lowest BCUT2D eigenvalue weighted by Crippen LogP contribution is -2.62. The number of likely N-dealkylation sites (N-methyl/N-ethyl adjacent to an activating group) is 1. The number of nitriles is 1. The summed E-state index contributed by atoms with van der Waals surface area (Å²) >= 11 is 0. The molecule has 0 aromatic heterocycles. The zero-order valence-electron chi connectivity index (χ0n) is 19.1. The number of nitrogens with zero attached hydrogens (tertiary/aromatic N) is 2. The highest BCUT2D eigenvalue weighted by atomic mass is 19.1. The van der Waals surface area contributed by atoms with Gasteiger partial charge in [0.2, 0.25) is 5.91 Å². The van der Waals surface area contributed by atoms with Crippen molar-refractivity contribution in [1.82, 2.24) is 10.2 Å². The van der Waals surface area contributed by atoms with Crippen LogP contribution in [-0.4, -0.2) is 23.8 Å². The number of hydrogen-bond acceptors (Lipinski definition) is 3. The Balaban J connectivity index is 1.59. The molecule has 1 aliphatic carbocycles. The molecule has 2 fully saturated rings. The van der Waals surface area contributed by atoms with Crippen LogP contribution in [0.2, 0.25) is 0 Å². The Bertz CT molecular complexity index is 1340. The van der Waals surface area contributed by atoms with Crippen LogP contribution < -0.4 is 5.32 Å². The van der Waals surface area contributed by atoms with Gasteiger partial charge in [0.1, 0.15) is 11.9 Å². The predicted octanol–water partition coefficient (Wildman–Crippen LogP) is 5.24. The van der Waals surface area contributed by atoms with Crippen molar-refractivity contribution in [2.75, 3.05) is 7.05 Å². The van der Waals surface area contributed by atoms with E-state index in [0.29, 0.717) is 11.5 Å². The average Bonchev–Trinajstić information content (AvgIpc) is 3.69. The van der Waals surface area contributed by atoms with Gasteiger partial charge < -0.3 is 5.32 Å². The van der Waals surface area contributed by atoms with Gasteiger partial charge in [-0.2, -0.15) is 5.26 Å². The first-order valence-electron chi connectivity index (χ1n) is 11.4. The van der Waals surface area contributed by atoms with Crippen LogP contribution in [0.1, 0.15) is 53.9 Å². The Hall–Kier alpha value is -3.98. The summed E-state index contributed by atoms with van der Waals surface area (Å²) in [6, 6.07) is 22.3. The molecule has 2 aliphatic rings. The summed E-state index contributed by atoms with van der Waals surface area (Å²) in [5, 5.41) is 20.9. The fraction of sp³-hybridized carbons (Fsp3) is 0.250. The summed E-state index contributed by atoms with van der Waals surface area (Å²) < 4.78 is 13.9. The summed E-state index contributed by atoms with van der Waals surface area (Å²) in [6.07, 6.45) is 2.43. The van der Waals surface area contributed by atoms with Gasteiger partial charge in [-0.15, -0.1) is 0 Å². The lowest BCUT2D eigenvalue weighted by atomic mass is 9.73. The fourth-order valence-electron chi connectivity index (χ4n) is 4.86. The van der Waals surface area contributed by atoms with E-state index in [-0.39, 0.29) is 17.4 Å². The molecule has 34 heavy (non-hydrogen) atoms. The van der Waals surface area contributed by atoms with Gasteiger partial charge in [-0.25, -0.2) is 4.39 Å². The monoisotopic (exact) mass is 452 g/mol. The minimum atomic E-state index is -0.879. The van der Waals surface area contributed by atoms with Gasteiger partial charge in [-0.3, -0.25) is 15.1 Å². The topological polar surface area (TPSA) is 80.0 Å². The maximum Gasteiger partial charge on any atom is 0.239 e. The van der Waals surface area contributed by atoms with Crippen molar-refractivity contribution in [2.45, 2.75) is 37.1 Å². The van der Waals surface area contributed by atoms with Crippen molar-refractivity contribution >= 4 is 11.9 Å². The van der Waals surface area contributed by atoms with E-state index >= 15 is 0 Å². The quantitative estimate of drug-likeness (QED) is 0.568. The van der Waals surface area contributed by atoms with E-state index in [9.17, 15) is 14.4 Å². The second kappa shape index (κ2) is 8.11. The second-order valence-corrected chi connectivity index (χ2v) is 9.33. The molecule has 0 bridgehead atoms. The molecule has 5 nitrogen and oxygen atoms in total. The number of carbonyl (C=O) groups is 1. The normalized spacial score (nSPS) is 22.3. The zero-order chi connectivity index (χ0) is 24.0. The number of halogens is 1. The van der Waals surface area contributed by atoms with Crippen LogP contribution in [-0.2, 0) is 10.3 Å². The highest BCUT2D eigenvalue weighted by molar-refractivity contribution is 6.02. The molecule has 1 saturated carbocycles. The molecule has 3 aromatic rings. The van der Waals surface area contributed by atoms with Gasteiger partial charge in [0, 0.05) is 7.05 Å². The molecule has 0 spiro atoms. The molecule has 6 heteroatoms. The lowest BCUT2D eigenvalue weighted by molar-refractivity contribution is -0.131. The van der Waals surface area contributed by atoms with Gasteiger partial charge in [-0.1, -0.05) is 48.5 Å². The molecule has 170 valence electrons. The molecule has 2 N–H and O–H groups in total. The maximum absolute atomic E-state index is 13.9. The summed E-state index contributed by atoms with van der Waals surface area (Å²) in [6.45, 7) is 1.94. The van der Waals surface area contributed by atoms with Gasteiger partial charge in [0.25, 0.3) is 0 Å². The second-order valence-electron chi connectivity index (χ2n) is 9.33. The average molecular weight is 453 g/mol. The van der Waals surface area contributed by atoms with E-state index in [1.807, 2.05) is 49.4 Å². The van der Waals surface area contributed by atoms with Crippen LogP contribution >= 0.6 is 0 Å². The van der Waals surface area contributed by atoms with Crippen molar-refractivity contribution in [2.24, 2.45) is 0 Å². The largest absolute Gasteiger partial charge is 0.346 e. The van der Waals surface area contributed by atoms with E-state index < -0.39 is 17.3 Å². The Morgan fingerprint density at radius 1 is 1.06 bits per heavy atom. The zero-order valence-corrected chi connectivity index (χ0v) is 19.1. The fourth-order valence-corrected chi connectivity index (χ4v) is 4.86. The van der Waals surface area contributed by atoms with Crippen molar-refractivity contribution in [1.29, 1.82) is 10.7 Å². The third-order valence-corrected chi connectivity index (χ3v) is 7.07. The van der Waals surface area contributed by atoms with Crippen molar-refractivity contribution < 1.29 is 9.18 Å². The maximum atomic E-state index is 13.9. The first-order valence-corrected chi connectivity index (χ1v) is 11.4. The number of benzene rings is 3. The Kier molecular flexibility index (Phi) is 5.21. The molecular weight excluding hydrogens is 427 g/mol. The minimum Gasteiger partial charge on any atom is -0.346 e. The molecule has 1 amide bonds. The Morgan fingerprint density at radius 3 is 2.41 bits per heavy atom. The van der Waals surface area contributed by atoms with E-state index in [4.69, 9.17) is 5.41 Å². The number of carbonyl (C=O) groups excluding carboxylic acids is 1. The molecule has 5 rings (SSSR count). The van der Waals surface area contributed by atoms with Gasteiger partial charge in [0.15, 0.2) is 5.96 Å². The van der Waals surface area contributed by atoms with Gasteiger partial charge >= 0.3 is 0 Å². The van der Waals surface area contributed by atoms with Crippen LogP contribution in [0.25, 0.3) is 11.1 Å². The van der Waals surface area contributed by atoms with Crippen LogP contribution in [0.5, 0.6) is 0 Å². The van der Waals surface area contributed by atoms with Crippen LogP contribution in [0.3, 0.4) is 0 Å². The van der Waals surface area contributed by atoms with Crippen molar-refractivity contribution in [3.63, 3.8) is 0 Å². The molecule has 2 atom stereocenters. The molecule has 1 aliphatic heterocycles. The van der Waals surface area contributed by atoms with E-state index in [0.717, 1.165) is 16.7 Å². The Labute approximate surface area is 198 Å². The van der Waals surface area contributed by atoms with E-state index in [1.165, 1.54) is 35.4 Å². The number of guanidine groups is 1. The molecule has 1 unspecified atom stereocenters. The van der Waals surface area contributed by atoms with E-state index in [2.05, 4.69) is 17.4 Å².